The molecule has 2 aromatic rings. The quantitative estimate of drug-likeness (QED) is 0.781. The Bertz CT molecular complexity index is 433. The fraction of sp³-hybridized carbons (Fsp3) is 0.0769. The lowest BCUT2D eigenvalue weighted by molar-refractivity contribution is 0.135. The molecule has 0 radical (unpaired) electrons. The van der Waals surface area contributed by atoms with E-state index in [2.05, 4.69) is 6.58 Å². The average Bonchev–Trinajstić information content (AvgIpc) is 2.83. The van der Waals surface area contributed by atoms with E-state index in [9.17, 15) is 5.11 Å². The van der Waals surface area contributed by atoms with Crippen LogP contribution in [-0.4, -0.2) is 5.11 Å². The smallest absolute Gasteiger partial charge is 0.134 e. The van der Waals surface area contributed by atoms with Gasteiger partial charge in [-0.25, -0.2) is 0 Å². The van der Waals surface area contributed by atoms with Gasteiger partial charge in [-0.15, -0.1) is 0 Å². The fourth-order valence-electron chi connectivity index (χ4n) is 1.58. The highest BCUT2D eigenvalue weighted by molar-refractivity contribution is 7.08. The maximum absolute atomic E-state index is 10.5. The SMILES string of the molecule is C=CC(O)(c1ccccc1)c1ccsc1. The minimum absolute atomic E-state index is 0.846. The van der Waals surface area contributed by atoms with Crippen molar-refractivity contribution in [1.29, 1.82) is 0 Å². The van der Waals surface area contributed by atoms with Crippen LogP contribution in [0.25, 0.3) is 0 Å². The van der Waals surface area contributed by atoms with Gasteiger partial charge in [0.25, 0.3) is 0 Å². The maximum Gasteiger partial charge on any atom is 0.134 e. The van der Waals surface area contributed by atoms with Crippen molar-refractivity contribution in [1.82, 2.24) is 0 Å². The molecule has 1 aromatic heterocycles. The second-order valence-corrected chi connectivity index (χ2v) is 4.13. The summed E-state index contributed by atoms with van der Waals surface area (Å²) in [5.74, 6) is 0. The fourth-order valence-corrected chi connectivity index (χ4v) is 2.28. The van der Waals surface area contributed by atoms with Crippen LogP contribution in [0, 0.1) is 0 Å². The van der Waals surface area contributed by atoms with Gasteiger partial charge in [0, 0.05) is 5.56 Å². The first-order valence-electron chi connectivity index (χ1n) is 4.71. The predicted molar refractivity (Wildman–Crippen MR) is 64.0 cm³/mol. The standard InChI is InChI=1S/C13H12OS/c1-2-13(14,12-8-9-15-10-12)11-6-4-3-5-7-11/h2-10,14H,1H2. The highest BCUT2D eigenvalue weighted by Gasteiger charge is 2.27. The number of thiophene rings is 1. The van der Waals surface area contributed by atoms with E-state index < -0.39 is 5.60 Å². The molecular weight excluding hydrogens is 204 g/mol. The highest BCUT2D eigenvalue weighted by atomic mass is 32.1. The lowest BCUT2D eigenvalue weighted by Crippen LogP contribution is -2.23. The highest BCUT2D eigenvalue weighted by Crippen LogP contribution is 2.31. The van der Waals surface area contributed by atoms with E-state index >= 15 is 0 Å². The molecule has 1 unspecified atom stereocenters. The van der Waals surface area contributed by atoms with E-state index in [0.717, 1.165) is 11.1 Å². The Labute approximate surface area is 93.3 Å². The molecule has 0 aliphatic rings. The lowest BCUT2D eigenvalue weighted by Gasteiger charge is -2.23. The van der Waals surface area contributed by atoms with Gasteiger partial charge >= 0.3 is 0 Å². The first kappa shape index (κ1) is 10.1. The molecule has 2 rings (SSSR count). The summed E-state index contributed by atoms with van der Waals surface area (Å²) in [6, 6.07) is 11.5. The summed E-state index contributed by atoms with van der Waals surface area (Å²) in [6.45, 7) is 3.72. The first-order chi connectivity index (χ1) is 7.27. The van der Waals surface area contributed by atoms with Crippen LogP contribution in [0.1, 0.15) is 11.1 Å². The first-order valence-corrected chi connectivity index (χ1v) is 5.66. The van der Waals surface area contributed by atoms with E-state index in [1.165, 1.54) is 0 Å². The van der Waals surface area contributed by atoms with Crippen LogP contribution < -0.4 is 0 Å². The van der Waals surface area contributed by atoms with Crippen molar-refractivity contribution >= 4 is 11.3 Å². The Morgan fingerprint density at radius 3 is 2.40 bits per heavy atom. The summed E-state index contributed by atoms with van der Waals surface area (Å²) in [6.07, 6.45) is 1.57. The molecule has 1 heterocycles. The zero-order chi connectivity index (χ0) is 10.7. The normalized spacial score (nSPS) is 14.5. The van der Waals surface area contributed by atoms with Crippen LogP contribution in [0.4, 0.5) is 0 Å². The van der Waals surface area contributed by atoms with Crippen molar-refractivity contribution in [2.24, 2.45) is 0 Å². The van der Waals surface area contributed by atoms with Gasteiger partial charge < -0.3 is 5.11 Å². The molecule has 0 saturated carbocycles. The van der Waals surface area contributed by atoms with E-state index in [1.54, 1.807) is 17.4 Å². The van der Waals surface area contributed by atoms with Gasteiger partial charge in [-0.2, -0.15) is 11.3 Å². The predicted octanol–water partition coefficient (Wildman–Crippen LogP) is 3.17. The van der Waals surface area contributed by atoms with Gasteiger partial charge in [-0.3, -0.25) is 0 Å². The Morgan fingerprint density at radius 2 is 1.87 bits per heavy atom. The van der Waals surface area contributed by atoms with Crippen LogP contribution in [0.15, 0.2) is 59.8 Å². The molecule has 15 heavy (non-hydrogen) atoms. The summed E-state index contributed by atoms with van der Waals surface area (Å²) >= 11 is 1.57. The second kappa shape index (κ2) is 4.01. The van der Waals surface area contributed by atoms with Crippen LogP contribution in [0.5, 0.6) is 0 Å². The Morgan fingerprint density at radius 1 is 1.13 bits per heavy atom. The summed E-state index contributed by atoms with van der Waals surface area (Å²) in [7, 11) is 0. The average molecular weight is 216 g/mol. The van der Waals surface area contributed by atoms with E-state index in [1.807, 2.05) is 47.2 Å². The third-order valence-corrected chi connectivity index (χ3v) is 3.15. The van der Waals surface area contributed by atoms with E-state index in [4.69, 9.17) is 0 Å². The number of benzene rings is 1. The molecular formula is C13H12OS. The van der Waals surface area contributed by atoms with Crippen LogP contribution in [-0.2, 0) is 5.60 Å². The number of hydrogen-bond donors (Lipinski definition) is 1. The zero-order valence-electron chi connectivity index (χ0n) is 8.26. The molecule has 0 spiro atoms. The van der Waals surface area contributed by atoms with Crippen LogP contribution in [0.3, 0.4) is 0 Å². The van der Waals surface area contributed by atoms with Crippen molar-refractivity contribution in [3.05, 3.63) is 70.9 Å². The third-order valence-electron chi connectivity index (χ3n) is 2.47. The van der Waals surface area contributed by atoms with Crippen molar-refractivity contribution in [3.8, 4) is 0 Å². The molecule has 0 saturated heterocycles. The molecule has 1 nitrogen and oxygen atoms in total. The monoisotopic (exact) mass is 216 g/mol. The third kappa shape index (κ3) is 1.74. The molecule has 1 N–H and O–H groups in total. The molecule has 0 aliphatic carbocycles. The van der Waals surface area contributed by atoms with E-state index in [-0.39, 0.29) is 0 Å². The molecule has 0 fully saturated rings. The summed E-state index contributed by atoms with van der Waals surface area (Å²) < 4.78 is 0. The Balaban J connectivity index is 2.52. The number of aliphatic hydroxyl groups is 1. The maximum atomic E-state index is 10.5. The summed E-state index contributed by atoms with van der Waals surface area (Å²) in [5, 5.41) is 14.4. The van der Waals surface area contributed by atoms with Gasteiger partial charge in [0.15, 0.2) is 0 Å². The minimum atomic E-state index is -1.07. The van der Waals surface area contributed by atoms with Crippen LogP contribution in [0.2, 0.25) is 0 Å². The molecule has 1 aromatic carbocycles. The summed E-state index contributed by atoms with van der Waals surface area (Å²) in [5.41, 5.74) is 0.647. The zero-order valence-corrected chi connectivity index (χ0v) is 9.08. The minimum Gasteiger partial charge on any atom is -0.377 e. The molecule has 0 amide bonds. The van der Waals surface area contributed by atoms with Gasteiger partial charge in [-0.1, -0.05) is 43.0 Å². The Hall–Kier alpha value is -1.38. The lowest BCUT2D eigenvalue weighted by atomic mass is 9.88. The summed E-state index contributed by atoms with van der Waals surface area (Å²) in [4.78, 5) is 0. The van der Waals surface area contributed by atoms with Gasteiger partial charge in [-0.05, 0) is 22.4 Å². The number of rotatable bonds is 3. The van der Waals surface area contributed by atoms with Crippen molar-refractivity contribution < 1.29 is 5.11 Å². The molecule has 0 bridgehead atoms. The van der Waals surface area contributed by atoms with Gasteiger partial charge in [0.1, 0.15) is 5.60 Å². The number of hydrogen-bond acceptors (Lipinski definition) is 2. The van der Waals surface area contributed by atoms with Crippen molar-refractivity contribution in [3.63, 3.8) is 0 Å². The van der Waals surface area contributed by atoms with E-state index in [0.29, 0.717) is 0 Å². The Kier molecular flexibility index (Phi) is 2.71. The topological polar surface area (TPSA) is 20.2 Å². The van der Waals surface area contributed by atoms with Crippen LogP contribution >= 0.6 is 11.3 Å². The molecule has 1 atom stereocenters. The second-order valence-electron chi connectivity index (χ2n) is 3.35. The van der Waals surface area contributed by atoms with Crippen molar-refractivity contribution in [2.45, 2.75) is 5.60 Å². The van der Waals surface area contributed by atoms with Gasteiger partial charge in [0.05, 0.1) is 0 Å². The molecule has 0 aliphatic heterocycles. The largest absolute Gasteiger partial charge is 0.377 e. The van der Waals surface area contributed by atoms with Gasteiger partial charge in [0.2, 0.25) is 0 Å². The van der Waals surface area contributed by atoms with Crippen molar-refractivity contribution in [2.75, 3.05) is 0 Å². The molecule has 2 heteroatoms. The molecule has 76 valence electrons.